The van der Waals surface area contributed by atoms with Crippen LogP contribution in [0.25, 0.3) is 0 Å². The van der Waals surface area contributed by atoms with Gasteiger partial charge in [0.15, 0.2) is 4.75 Å². The highest BCUT2D eigenvalue weighted by atomic mass is 32.2. The Hall–Kier alpha value is -4.20. The van der Waals surface area contributed by atoms with Gasteiger partial charge in [0, 0.05) is 17.0 Å². The molecule has 186 valence electrons. The SMILES string of the molecule is COC(=O)C1=C(C(=O)OC)C(Sc2ccc([N+](=O)[O-])cc2)(C(=O)OC)C(C(=O)OC)=C1C(=O)OC. The van der Waals surface area contributed by atoms with E-state index in [9.17, 15) is 34.1 Å². The Labute approximate surface area is 202 Å². The maximum Gasteiger partial charge on any atom is 0.339 e. The first-order valence-electron chi connectivity index (χ1n) is 9.40. The summed E-state index contributed by atoms with van der Waals surface area (Å²) in [5, 5.41) is 11.0. The number of ether oxygens (including phenoxy) is 5. The number of rotatable bonds is 8. The van der Waals surface area contributed by atoms with Crippen LogP contribution in [0.15, 0.2) is 51.5 Å². The minimum Gasteiger partial charge on any atom is -0.467 e. The molecule has 2 rings (SSSR count). The van der Waals surface area contributed by atoms with Crippen LogP contribution in [0.2, 0.25) is 0 Å². The highest BCUT2D eigenvalue weighted by Gasteiger charge is 2.63. The van der Waals surface area contributed by atoms with Gasteiger partial charge >= 0.3 is 29.8 Å². The molecule has 0 radical (unpaired) electrons. The van der Waals surface area contributed by atoms with Crippen LogP contribution in [0.5, 0.6) is 0 Å². The molecule has 0 unspecified atom stereocenters. The first kappa shape index (κ1) is 27.0. The van der Waals surface area contributed by atoms with E-state index in [2.05, 4.69) is 0 Å². The van der Waals surface area contributed by atoms with Crippen LogP contribution in [0.3, 0.4) is 0 Å². The fourth-order valence-corrected chi connectivity index (χ4v) is 4.71. The zero-order valence-corrected chi connectivity index (χ0v) is 19.9. The fraction of sp³-hybridized carbons (Fsp3) is 0.286. The lowest BCUT2D eigenvalue weighted by Crippen LogP contribution is -2.44. The molecule has 0 heterocycles. The van der Waals surface area contributed by atoms with Gasteiger partial charge in [-0.1, -0.05) is 11.8 Å². The van der Waals surface area contributed by atoms with E-state index in [1.165, 1.54) is 12.1 Å². The summed E-state index contributed by atoms with van der Waals surface area (Å²) in [6, 6.07) is 4.66. The zero-order valence-electron chi connectivity index (χ0n) is 19.1. The number of carbonyl (C=O) groups is 5. The molecule has 0 saturated carbocycles. The minimum atomic E-state index is -2.53. The smallest absolute Gasteiger partial charge is 0.339 e. The van der Waals surface area contributed by atoms with Gasteiger partial charge in [-0.05, 0) is 12.1 Å². The topological polar surface area (TPSA) is 175 Å². The molecule has 35 heavy (non-hydrogen) atoms. The molecule has 0 bridgehead atoms. The van der Waals surface area contributed by atoms with Crippen molar-refractivity contribution in [3.05, 3.63) is 56.7 Å². The number of hydrogen-bond donors (Lipinski definition) is 0. The maximum absolute atomic E-state index is 13.4. The van der Waals surface area contributed by atoms with Crippen molar-refractivity contribution in [2.24, 2.45) is 0 Å². The van der Waals surface area contributed by atoms with Gasteiger partial charge < -0.3 is 23.7 Å². The molecule has 0 saturated heterocycles. The fourth-order valence-electron chi connectivity index (χ4n) is 3.34. The molecule has 0 aliphatic heterocycles. The predicted molar refractivity (Wildman–Crippen MR) is 116 cm³/mol. The van der Waals surface area contributed by atoms with E-state index in [4.69, 9.17) is 23.7 Å². The first-order chi connectivity index (χ1) is 16.5. The van der Waals surface area contributed by atoms with E-state index < -0.39 is 61.8 Å². The van der Waals surface area contributed by atoms with Crippen molar-refractivity contribution in [3.8, 4) is 0 Å². The van der Waals surface area contributed by atoms with Crippen molar-refractivity contribution >= 4 is 47.3 Å². The van der Waals surface area contributed by atoms with E-state index in [0.717, 1.165) is 47.7 Å². The Morgan fingerprint density at radius 2 is 1.11 bits per heavy atom. The summed E-state index contributed by atoms with van der Waals surface area (Å²) in [7, 11) is 4.71. The van der Waals surface area contributed by atoms with Crippen LogP contribution in [0.1, 0.15) is 0 Å². The standard InChI is InChI=1S/C21H19NO12S/c1-30-16(23)12-13(17(24)31-2)15(19(26)33-4)21(20(27)34-5,14(12)18(25)32-3)35-11-8-6-10(7-9-11)22(28)29/h6-9H,1-5H3. The quantitative estimate of drug-likeness (QED) is 0.209. The second-order valence-corrected chi connectivity index (χ2v) is 7.78. The monoisotopic (exact) mass is 509 g/mol. The van der Waals surface area contributed by atoms with Crippen molar-refractivity contribution < 1.29 is 52.6 Å². The zero-order chi connectivity index (χ0) is 26.5. The van der Waals surface area contributed by atoms with E-state index in [0.29, 0.717) is 11.8 Å². The molecule has 14 heteroatoms. The van der Waals surface area contributed by atoms with Crippen molar-refractivity contribution in [1.29, 1.82) is 0 Å². The average Bonchev–Trinajstić information content (AvgIpc) is 3.18. The van der Waals surface area contributed by atoms with Gasteiger partial charge in [0.2, 0.25) is 0 Å². The van der Waals surface area contributed by atoms with Crippen LogP contribution in [0.4, 0.5) is 5.69 Å². The molecule has 0 spiro atoms. The van der Waals surface area contributed by atoms with E-state index in [1.807, 2.05) is 0 Å². The third-order valence-corrected chi connectivity index (χ3v) is 6.19. The van der Waals surface area contributed by atoms with Gasteiger partial charge in [-0.15, -0.1) is 0 Å². The number of hydrogen-bond acceptors (Lipinski definition) is 13. The van der Waals surface area contributed by atoms with Gasteiger partial charge in [-0.25, -0.2) is 24.0 Å². The lowest BCUT2D eigenvalue weighted by atomic mass is 9.93. The van der Waals surface area contributed by atoms with Gasteiger partial charge in [-0.3, -0.25) is 10.1 Å². The highest BCUT2D eigenvalue weighted by Crippen LogP contribution is 2.54. The molecule has 0 aromatic heterocycles. The van der Waals surface area contributed by atoms with E-state index in [-0.39, 0.29) is 10.6 Å². The Balaban J connectivity index is 3.08. The number of nitro benzene ring substituents is 1. The van der Waals surface area contributed by atoms with Crippen LogP contribution in [-0.2, 0) is 47.7 Å². The number of nitrogens with zero attached hydrogens (tertiary/aromatic N) is 1. The van der Waals surface area contributed by atoms with Crippen molar-refractivity contribution in [3.63, 3.8) is 0 Å². The van der Waals surface area contributed by atoms with Gasteiger partial charge in [0.25, 0.3) is 5.69 Å². The Kier molecular flexibility index (Phi) is 8.36. The average molecular weight is 509 g/mol. The summed E-state index contributed by atoms with van der Waals surface area (Å²) in [4.78, 5) is 75.4. The highest BCUT2D eigenvalue weighted by molar-refractivity contribution is 8.02. The lowest BCUT2D eigenvalue weighted by molar-refractivity contribution is -0.384. The largest absolute Gasteiger partial charge is 0.467 e. The molecule has 13 nitrogen and oxygen atoms in total. The number of esters is 5. The second-order valence-electron chi connectivity index (χ2n) is 6.49. The van der Waals surface area contributed by atoms with Gasteiger partial charge in [0.05, 0.1) is 62.8 Å². The number of non-ortho nitro benzene ring substituents is 1. The molecule has 1 aromatic carbocycles. The number of benzene rings is 1. The maximum atomic E-state index is 13.4. The van der Waals surface area contributed by atoms with Crippen molar-refractivity contribution in [1.82, 2.24) is 0 Å². The minimum absolute atomic E-state index is 0.110. The van der Waals surface area contributed by atoms with Crippen molar-refractivity contribution in [2.45, 2.75) is 9.64 Å². The van der Waals surface area contributed by atoms with Crippen LogP contribution in [-0.4, -0.2) is 75.1 Å². The molecular formula is C21H19NO12S. The van der Waals surface area contributed by atoms with E-state index >= 15 is 0 Å². The Morgan fingerprint density at radius 1 is 0.714 bits per heavy atom. The molecular weight excluding hydrogens is 490 g/mol. The Morgan fingerprint density at radius 3 is 1.43 bits per heavy atom. The third-order valence-electron chi connectivity index (χ3n) is 4.80. The molecule has 0 amide bonds. The van der Waals surface area contributed by atoms with Crippen LogP contribution >= 0.6 is 11.8 Å². The van der Waals surface area contributed by atoms with Gasteiger partial charge in [0.1, 0.15) is 0 Å². The lowest BCUT2D eigenvalue weighted by Gasteiger charge is -2.29. The summed E-state index contributed by atoms with van der Waals surface area (Å²) in [5.74, 6) is -6.33. The molecule has 0 N–H and O–H groups in total. The summed E-state index contributed by atoms with van der Waals surface area (Å²) in [6.45, 7) is 0. The molecule has 1 aromatic rings. The molecule has 0 fully saturated rings. The first-order valence-corrected chi connectivity index (χ1v) is 10.2. The Bertz CT molecular complexity index is 1110. The third kappa shape index (κ3) is 4.59. The predicted octanol–water partition coefficient (Wildman–Crippen LogP) is 0.897. The van der Waals surface area contributed by atoms with Crippen LogP contribution < -0.4 is 0 Å². The van der Waals surface area contributed by atoms with Crippen LogP contribution in [0, 0.1) is 10.1 Å². The molecule has 1 aliphatic rings. The molecule has 0 atom stereocenters. The number of methoxy groups -OCH3 is 5. The number of thioether (sulfide) groups is 1. The summed E-state index contributed by atoms with van der Waals surface area (Å²) >= 11 is 0.489. The summed E-state index contributed by atoms with van der Waals surface area (Å²) in [6.07, 6.45) is 0. The second kappa shape index (κ2) is 10.8. The molecule has 1 aliphatic carbocycles. The summed E-state index contributed by atoms with van der Waals surface area (Å²) in [5.41, 5.74) is -3.35. The van der Waals surface area contributed by atoms with E-state index in [1.54, 1.807) is 0 Å². The van der Waals surface area contributed by atoms with Gasteiger partial charge in [-0.2, -0.15) is 0 Å². The normalized spacial score (nSPS) is 14.2. The summed E-state index contributed by atoms with van der Waals surface area (Å²) < 4.78 is 21.3. The number of nitro groups is 1. The number of carbonyl (C=O) groups excluding carboxylic acids is 5. The van der Waals surface area contributed by atoms with Crippen molar-refractivity contribution in [2.75, 3.05) is 35.5 Å².